The molecule has 1 heterocycles. The van der Waals surface area contributed by atoms with Crippen molar-refractivity contribution in [2.45, 2.75) is 3.77 Å². The molecule has 3 rings (SSSR count). The minimum absolute atomic E-state index is 0.0353. The number of thioether (sulfide) groups is 1. The van der Waals surface area contributed by atoms with Crippen LogP contribution < -0.4 is 5.32 Å². The fraction of sp³-hybridized carbons (Fsp3) is 0.0625. The van der Waals surface area contributed by atoms with Gasteiger partial charge in [-0.15, -0.1) is 0 Å². The van der Waals surface area contributed by atoms with Gasteiger partial charge in [-0.25, -0.2) is 0 Å². The van der Waals surface area contributed by atoms with E-state index in [1.165, 1.54) is 11.8 Å². The molecule has 4 nitrogen and oxygen atoms in total. The van der Waals surface area contributed by atoms with Gasteiger partial charge >= 0.3 is 149 Å². The molecule has 0 saturated carbocycles. The summed E-state index contributed by atoms with van der Waals surface area (Å²) in [7, 11) is 0. The molecular weight excluding hydrogens is 397 g/mol. The maximum absolute atomic E-state index is 12.0. The predicted octanol–water partition coefficient (Wildman–Crippen LogP) is 3.58. The Morgan fingerprint density at radius 1 is 1.13 bits per heavy atom. The van der Waals surface area contributed by atoms with E-state index in [-0.39, 0.29) is 20.6 Å². The first-order valence-corrected chi connectivity index (χ1v) is 9.77. The molecule has 0 aliphatic heterocycles. The first-order chi connectivity index (χ1) is 11.2. The summed E-state index contributed by atoms with van der Waals surface area (Å²) in [5, 5.41) is 7.78. The van der Waals surface area contributed by atoms with E-state index in [2.05, 4.69) is 14.5 Å². The molecule has 0 unspecified atom stereocenters. The summed E-state index contributed by atoms with van der Waals surface area (Å²) < 4.78 is 5.19. The summed E-state index contributed by atoms with van der Waals surface area (Å²) >= 11 is 7.34. The second kappa shape index (κ2) is 7.79. The maximum atomic E-state index is 12.0. The SMILES string of the molecule is O=C(CSc1[se]nnc1-c1ccc(Cl)cc1)Nc1ccccc1. The van der Waals surface area contributed by atoms with Gasteiger partial charge in [-0.05, 0) is 0 Å². The zero-order valence-electron chi connectivity index (χ0n) is 11.9. The van der Waals surface area contributed by atoms with Crippen LogP contribution in [0.1, 0.15) is 0 Å². The van der Waals surface area contributed by atoms with Gasteiger partial charge in [0.15, 0.2) is 0 Å². The Labute approximate surface area is 149 Å². The molecule has 0 radical (unpaired) electrons. The first-order valence-electron chi connectivity index (χ1n) is 6.78. The molecule has 23 heavy (non-hydrogen) atoms. The van der Waals surface area contributed by atoms with Crippen LogP contribution in [0.25, 0.3) is 11.3 Å². The number of amides is 1. The standard InChI is InChI=1S/C16H12ClN3OSSe/c17-12-8-6-11(7-9-12)15-16(23-20-19-15)22-10-14(21)18-13-4-2-1-3-5-13/h1-9H,10H2,(H,18,21). The number of hydrogen-bond donors (Lipinski definition) is 1. The summed E-state index contributed by atoms with van der Waals surface area (Å²) in [6.45, 7) is 0. The van der Waals surface area contributed by atoms with E-state index in [4.69, 9.17) is 11.6 Å². The quantitative estimate of drug-likeness (QED) is 0.518. The van der Waals surface area contributed by atoms with E-state index < -0.39 is 0 Å². The van der Waals surface area contributed by atoms with Crippen molar-refractivity contribution in [3.63, 3.8) is 0 Å². The number of carbonyl (C=O) groups is 1. The summed E-state index contributed by atoms with van der Waals surface area (Å²) in [6, 6.07) is 16.9. The van der Waals surface area contributed by atoms with Crippen molar-refractivity contribution in [3.05, 3.63) is 59.6 Å². The minimum atomic E-state index is -0.0628. The molecule has 116 valence electrons. The summed E-state index contributed by atoms with van der Waals surface area (Å²) in [5.74, 6) is 0.306. The molecule has 0 bridgehead atoms. The van der Waals surface area contributed by atoms with E-state index in [1.54, 1.807) is 0 Å². The number of para-hydroxylation sites is 1. The van der Waals surface area contributed by atoms with Crippen LogP contribution in [0.4, 0.5) is 5.69 Å². The molecule has 3 aromatic rings. The average Bonchev–Trinajstić information content (AvgIpc) is 3.03. The van der Waals surface area contributed by atoms with Gasteiger partial charge in [-0.2, -0.15) is 0 Å². The number of anilines is 1. The first kappa shape index (κ1) is 16.3. The van der Waals surface area contributed by atoms with Crippen molar-refractivity contribution >= 4 is 49.7 Å². The number of hydrogen-bond acceptors (Lipinski definition) is 4. The fourth-order valence-electron chi connectivity index (χ4n) is 1.91. The number of rotatable bonds is 5. The van der Waals surface area contributed by atoms with Gasteiger partial charge in [0, 0.05) is 0 Å². The monoisotopic (exact) mass is 409 g/mol. The number of nitrogens with zero attached hydrogens (tertiary/aromatic N) is 2. The zero-order valence-corrected chi connectivity index (χ0v) is 15.2. The van der Waals surface area contributed by atoms with Crippen molar-refractivity contribution in [2.24, 2.45) is 0 Å². The molecular formula is C16H12ClN3OSSe. The van der Waals surface area contributed by atoms with E-state index in [9.17, 15) is 4.79 Å². The molecule has 0 atom stereocenters. The van der Waals surface area contributed by atoms with E-state index >= 15 is 0 Å². The molecule has 0 spiro atoms. The second-order valence-electron chi connectivity index (χ2n) is 4.62. The van der Waals surface area contributed by atoms with E-state index in [1.807, 2.05) is 54.6 Å². The van der Waals surface area contributed by atoms with Crippen molar-refractivity contribution in [1.82, 2.24) is 9.19 Å². The fourth-order valence-corrected chi connectivity index (χ4v) is 4.52. The molecule has 2 aromatic carbocycles. The number of halogens is 1. The Hall–Kier alpha value is -1.59. The Kier molecular flexibility index (Phi) is 5.51. The van der Waals surface area contributed by atoms with Crippen LogP contribution >= 0.6 is 23.4 Å². The average molecular weight is 409 g/mol. The van der Waals surface area contributed by atoms with Crippen LogP contribution in [-0.4, -0.2) is 35.6 Å². The number of carbonyl (C=O) groups excluding carboxylic acids is 1. The molecule has 0 aliphatic carbocycles. The summed E-state index contributed by atoms with van der Waals surface area (Å²) in [4.78, 5) is 12.0. The van der Waals surface area contributed by atoms with Gasteiger partial charge in [-0.3, -0.25) is 0 Å². The van der Waals surface area contributed by atoms with Crippen LogP contribution in [0, 0.1) is 0 Å². The predicted molar refractivity (Wildman–Crippen MR) is 95.2 cm³/mol. The molecule has 7 heteroatoms. The Balaban J connectivity index is 1.64. The van der Waals surface area contributed by atoms with Crippen LogP contribution in [0.5, 0.6) is 0 Å². The van der Waals surface area contributed by atoms with Gasteiger partial charge in [0.1, 0.15) is 0 Å². The van der Waals surface area contributed by atoms with E-state index in [0.29, 0.717) is 10.8 Å². The van der Waals surface area contributed by atoms with Crippen LogP contribution in [0.2, 0.25) is 5.02 Å². The van der Waals surface area contributed by atoms with Crippen molar-refractivity contribution in [3.8, 4) is 11.3 Å². The molecule has 0 aliphatic rings. The van der Waals surface area contributed by atoms with Crippen LogP contribution in [-0.2, 0) is 4.79 Å². The van der Waals surface area contributed by atoms with Crippen molar-refractivity contribution in [2.75, 3.05) is 11.1 Å². The Morgan fingerprint density at radius 3 is 2.61 bits per heavy atom. The normalized spacial score (nSPS) is 10.5. The number of nitrogens with one attached hydrogen (secondary N) is 1. The van der Waals surface area contributed by atoms with Crippen molar-refractivity contribution < 1.29 is 4.79 Å². The van der Waals surface area contributed by atoms with Gasteiger partial charge < -0.3 is 0 Å². The molecule has 1 N–H and O–H groups in total. The number of aromatic nitrogens is 2. The van der Waals surface area contributed by atoms with Crippen molar-refractivity contribution in [1.29, 1.82) is 0 Å². The third-order valence-corrected chi connectivity index (χ3v) is 6.31. The van der Waals surface area contributed by atoms with E-state index in [0.717, 1.165) is 20.7 Å². The summed E-state index contributed by atoms with van der Waals surface area (Å²) in [6.07, 6.45) is 0. The third-order valence-electron chi connectivity index (χ3n) is 2.97. The second-order valence-corrected chi connectivity index (χ2v) is 8.21. The van der Waals surface area contributed by atoms with Gasteiger partial charge in [0.05, 0.1) is 0 Å². The third kappa shape index (κ3) is 4.45. The zero-order chi connectivity index (χ0) is 16.1. The summed E-state index contributed by atoms with van der Waals surface area (Å²) in [5.41, 5.74) is 2.62. The van der Waals surface area contributed by atoms with Gasteiger partial charge in [0.2, 0.25) is 0 Å². The molecule has 1 aromatic heterocycles. The van der Waals surface area contributed by atoms with Gasteiger partial charge in [-0.1, -0.05) is 0 Å². The van der Waals surface area contributed by atoms with Crippen LogP contribution in [0.3, 0.4) is 0 Å². The molecule has 1 amide bonds. The van der Waals surface area contributed by atoms with Crippen LogP contribution in [0.15, 0.2) is 58.4 Å². The van der Waals surface area contributed by atoms with Gasteiger partial charge in [0.25, 0.3) is 0 Å². The topological polar surface area (TPSA) is 54.9 Å². The Morgan fingerprint density at radius 2 is 1.87 bits per heavy atom. The number of benzene rings is 2. The molecule has 0 saturated heterocycles. The molecule has 0 fully saturated rings. The Bertz CT molecular complexity index is 793.